The summed E-state index contributed by atoms with van der Waals surface area (Å²) in [6.45, 7) is 0. The van der Waals surface area contributed by atoms with Gasteiger partial charge in [0.1, 0.15) is 22.7 Å². The van der Waals surface area contributed by atoms with E-state index in [4.69, 9.17) is 5.11 Å². The third-order valence-electron chi connectivity index (χ3n) is 5.85. The predicted molar refractivity (Wildman–Crippen MR) is 167 cm³/mol. The molecule has 0 aliphatic carbocycles. The van der Waals surface area contributed by atoms with Gasteiger partial charge in [0.15, 0.2) is 0 Å². The van der Waals surface area contributed by atoms with E-state index >= 15 is 0 Å². The summed E-state index contributed by atoms with van der Waals surface area (Å²) in [6.07, 6.45) is -2.72. The van der Waals surface area contributed by atoms with Crippen LogP contribution >= 0.6 is 0 Å². The van der Waals surface area contributed by atoms with Crippen molar-refractivity contribution >= 4 is 35.0 Å². The quantitative estimate of drug-likeness (QED) is 0.371. The number of para-hydroxylation sites is 3. The zero-order chi connectivity index (χ0) is 33.5. The molecule has 1 N–H and O–H groups in total. The highest BCUT2D eigenvalue weighted by Gasteiger charge is 2.29. The van der Waals surface area contributed by atoms with E-state index in [0.29, 0.717) is 0 Å². The lowest BCUT2D eigenvalue weighted by atomic mass is 9.96. The fourth-order valence-corrected chi connectivity index (χ4v) is 3.31. The zero-order valence-corrected chi connectivity index (χ0v) is 26.8. The summed E-state index contributed by atoms with van der Waals surface area (Å²) in [5.74, 6) is -5.98. The number of quaternary nitrogens is 3. The van der Waals surface area contributed by atoms with Gasteiger partial charge in [-0.15, -0.1) is 0 Å². The first-order valence-corrected chi connectivity index (χ1v) is 13.5. The van der Waals surface area contributed by atoms with E-state index < -0.39 is 36.4 Å². The number of carboxylic acid groups (broad SMARTS) is 3. The first-order chi connectivity index (χ1) is 19.6. The monoisotopic (exact) mass is 597 g/mol. The second kappa shape index (κ2) is 17.1. The lowest BCUT2D eigenvalue weighted by molar-refractivity contribution is -0.339. The highest BCUT2D eigenvalue weighted by Crippen LogP contribution is 2.16. The number of benzene rings is 3. The molecule has 0 saturated heterocycles. The Morgan fingerprint density at radius 1 is 0.512 bits per heavy atom. The van der Waals surface area contributed by atoms with Crippen LogP contribution in [0.1, 0.15) is 12.8 Å². The number of hydrogen-bond acceptors (Lipinski definition) is 7. The second-order valence-electron chi connectivity index (χ2n) is 12.5. The summed E-state index contributed by atoms with van der Waals surface area (Å²) in [7, 11) is 19.5. The van der Waals surface area contributed by atoms with Crippen molar-refractivity contribution < 1.29 is 34.8 Å². The molecule has 236 valence electrons. The molecule has 3 rings (SSSR count). The lowest BCUT2D eigenvalue weighted by Crippen LogP contribution is -2.54. The van der Waals surface area contributed by atoms with Crippen LogP contribution in [0.2, 0.25) is 0 Å². The van der Waals surface area contributed by atoms with E-state index in [2.05, 4.69) is 136 Å². The molecule has 0 spiro atoms. The summed E-state index contributed by atoms with van der Waals surface area (Å²) < 4.78 is 2.67. The molecule has 3 aromatic carbocycles. The predicted octanol–water partition coefficient (Wildman–Crippen LogP) is 0.397. The van der Waals surface area contributed by atoms with Gasteiger partial charge in [0.05, 0.1) is 69.4 Å². The Kier molecular flexibility index (Phi) is 15.5. The van der Waals surface area contributed by atoms with Crippen LogP contribution < -0.4 is 28.8 Å². The first kappa shape index (κ1) is 38.9. The summed E-state index contributed by atoms with van der Waals surface area (Å²) in [4.78, 5) is 30.0. The molecule has 0 unspecified atom stereocenters. The summed E-state index contributed by atoms with van der Waals surface area (Å²) in [5.41, 5.74) is 1.03. The van der Waals surface area contributed by atoms with Gasteiger partial charge < -0.3 is 34.8 Å². The van der Waals surface area contributed by atoms with Crippen molar-refractivity contribution in [2.75, 3.05) is 63.4 Å². The SMILES string of the molecule is C[N+](C)(C)c1ccccc1.C[N+](C)(C)c1ccccc1.C[N+](C)(C)c1ccccc1.O=C([O-])CC(O)(CC(=O)[O-])C(=O)[O-]. The van der Waals surface area contributed by atoms with Crippen LogP contribution in [0.5, 0.6) is 0 Å². The molecule has 43 heavy (non-hydrogen) atoms. The van der Waals surface area contributed by atoms with Gasteiger partial charge in [0.2, 0.25) is 0 Å². The van der Waals surface area contributed by atoms with Crippen molar-refractivity contribution in [3.8, 4) is 0 Å². The van der Waals surface area contributed by atoms with Crippen LogP contribution in [-0.4, -0.2) is 92.0 Å². The molecular weight excluding hydrogens is 550 g/mol. The maximum Gasteiger partial charge on any atom is 0.132 e. The molecule has 0 heterocycles. The molecule has 0 radical (unpaired) electrons. The maximum absolute atomic E-state index is 10.1. The van der Waals surface area contributed by atoms with E-state index in [1.807, 2.05) is 18.2 Å². The summed E-state index contributed by atoms with van der Waals surface area (Å²) >= 11 is 0. The van der Waals surface area contributed by atoms with Crippen molar-refractivity contribution in [3.63, 3.8) is 0 Å². The molecule has 0 atom stereocenters. The average molecular weight is 598 g/mol. The van der Waals surface area contributed by atoms with Crippen LogP contribution in [0.4, 0.5) is 17.1 Å². The van der Waals surface area contributed by atoms with Crippen molar-refractivity contribution in [2.24, 2.45) is 0 Å². The van der Waals surface area contributed by atoms with Crippen LogP contribution in [0.3, 0.4) is 0 Å². The number of aliphatic carboxylic acids is 3. The van der Waals surface area contributed by atoms with Crippen LogP contribution in [0, 0.1) is 0 Å². The van der Waals surface area contributed by atoms with E-state index in [0.717, 1.165) is 13.4 Å². The van der Waals surface area contributed by atoms with Gasteiger partial charge in [-0.25, -0.2) is 0 Å². The van der Waals surface area contributed by atoms with Gasteiger partial charge in [-0.2, -0.15) is 0 Å². The van der Waals surface area contributed by atoms with Crippen LogP contribution in [-0.2, 0) is 14.4 Å². The van der Waals surface area contributed by atoms with Gasteiger partial charge in [0, 0.05) is 24.8 Å². The largest absolute Gasteiger partial charge is 0.550 e. The minimum Gasteiger partial charge on any atom is -0.550 e. The number of carbonyl (C=O) groups excluding carboxylic acids is 3. The van der Waals surface area contributed by atoms with Gasteiger partial charge in [-0.1, -0.05) is 54.6 Å². The molecule has 0 saturated carbocycles. The van der Waals surface area contributed by atoms with Crippen molar-refractivity contribution in [3.05, 3.63) is 91.0 Å². The van der Waals surface area contributed by atoms with Gasteiger partial charge >= 0.3 is 0 Å². The minimum atomic E-state index is -2.97. The van der Waals surface area contributed by atoms with Crippen LogP contribution in [0.25, 0.3) is 0 Å². The van der Waals surface area contributed by atoms with Crippen molar-refractivity contribution in [2.45, 2.75) is 18.4 Å². The van der Waals surface area contributed by atoms with Gasteiger partial charge in [-0.05, 0) is 36.4 Å². The summed E-state index contributed by atoms with van der Waals surface area (Å²) in [5, 5.41) is 38.9. The normalized spacial score (nSPS) is 11.3. The fourth-order valence-electron chi connectivity index (χ4n) is 3.31. The molecule has 0 aromatic heterocycles. The van der Waals surface area contributed by atoms with E-state index in [-0.39, 0.29) is 0 Å². The Labute approximate surface area is 256 Å². The second-order valence-corrected chi connectivity index (χ2v) is 12.5. The maximum atomic E-state index is 10.1. The Balaban J connectivity index is 0.000000550. The smallest absolute Gasteiger partial charge is 0.132 e. The third-order valence-corrected chi connectivity index (χ3v) is 5.85. The molecule has 0 aliphatic heterocycles. The molecule has 3 aromatic rings. The molecule has 10 heteroatoms. The number of rotatable bonds is 8. The Bertz CT molecular complexity index is 1110. The van der Waals surface area contributed by atoms with Crippen molar-refractivity contribution in [1.29, 1.82) is 0 Å². The Hall–Kier alpha value is -4.09. The molecule has 0 fully saturated rings. The third kappa shape index (κ3) is 16.8. The standard InChI is InChI=1S/3C9H14N.C6H8O7/c3*1-10(2,3)9-7-5-4-6-8-9;7-3(8)1-6(13,5(11)12)2-4(9)10/h3*4-8H,1-3H3;13H,1-2H2,(H,7,8)(H,9,10)(H,11,12)/q3*+1;/p-3. The number of hydrogen-bond donors (Lipinski definition) is 1. The molecule has 0 aliphatic rings. The number of carbonyl (C=O) groups is 3. The summed E-state index contributed by atoms with van der Waals surface area (Å²) in [6, 6.07) is 31.4. The highest BCUT2D eigenvalue weighted by molar-refractivity contribution is 5.86. The molecule has 0 amide bonds. The van der Waals surface area contributed by atoms with Crippen LogP contribution in [0.15, 0.2) is 91.0 Å². The minimum absolute atomic E-state index is 0.890. The topological polar surface area (TPSA) is 141 Å². The zero-order valence-electron chi connectivity index (χ0n) is 26.8. The molecular formula is C33H47N3O7. The van der Waals surface area contributed by atoms with Crippen molar-refractivity contribution in [1.82, 2.24) is 13.4 Å². The first-order valence-electron chi connectivity index (χ1n) is 13.5. The highest BCUT2D eigenvalue weighted by atomic mass is 16.4. The Morgan fingerprint density at radius 3 is 0.837 bits per heavy atom. The fraction of sp³-hybridized carbons (Fsp3) is 0.364. The van der Waals surface area contributed by atoms with E-state index in [1.165, 1.54) is 17.1 Å². The van der Waals surface area contributed by atoms with Gasteiger partial charge in [0.25, 0.3) is 0 Å². The lowest BCUT2D eigenvalue weighted by Gasteiger charge is -2.29. The number of carboxylic acids is 3. The number of nitrogens with zero attached hydrogens (tertiary/aromatic N) is 3. The number of aliphatic hydroxyl groups is 1. The van der Waals surface area contributed by atoms with E-state index in [9.17, 15) is 29.7 Å². The molecule has 0 bridgehead atoms. The van der Waals surface area contributed by atoms with E-state index in [1.54, 1.807) is 0 Å². The Morgan fingerprint density at radius 2 is 0.721 bits per heavy atom. The van der Waals surface area contributed by atoms with Gasteiger partial charge in [-0.3, -0.25) is 13.4 Å². The molecule has 10 nitrogen and oxygen atoms in total. The average Bonchev–Trinajstić information content (AvgIpc) is 2.89.